The molecular weight excluding hydrogens is 214 g/mol. The van der Waals surface area contributed by atoms with Crippen LogP contribution in [0.15, 0.2) is 30.3 Å². The molecule has 2 aromatic rings. The summed E-state index contributed by atoms with van der Waals surface area (Å²) < 4.78 is 1.63. The quantitative estimate of drug-likeness (QED) is 0.835. The van der Waals surface area contributed by atoms with Gasteiger partial charge in [0.15, 0.2) is 0 Å². The predicted octanol–water partition coefficient (Wildman–Crippen LogP) is 1.36. The number of aromatic nitrogens is 2. The number of nitrogen functional groups attached to an aromatic ring is 1. The first-order chi connectivity index (χ1) is 8.19. The van der Waals surface area contributed by atoms with Crippen LogP contribution in [0.5, 0.6) is 0 Å². The van der Waals surface area contributed by atoms with Gasteiger partial charge >= 0.3 is 0 Å². The van der Waals surface area contributed by atoms with Crippen LogP contribution in [-0.2, 0) is 13.0 Å². The van der Waals surface area contributed by atoms with Crippen LogP contribution < -0.4 is 5.73 Å². The Balaban J connectivity index is 2.16. The molecule has 2 rings (SSSR count). The maximum atomic E-state index is 8.86. The maximum absolute atomic E-state index is 8.86. The lowest BCUT2D eigenvalue weighted by Crippen LogP contribution is -2.07. The average Bonchev–Trinajstić information content (AvgIpc) is 2.60. The zero-order valence-corrected chi connectivity index (χ0v) is 9.93. The molecule has 0 bridgehead atoms. The van der Waals surface area contributed by atoms with Crippen molar-refractivity contribution >= 4 is 5.82 Å². The highest BCUT2D eigenvalue weighted by Crippen LogP contribution is 2.13. The molecule has 1 aromatic carbocycles. The normalized spacial score (nSPS) is 10.7. The van der Waals surface area contributed by atoms with Crippen LogP contribution in [0.1, 0.15) is 16.8 Å². The van der Waals surface area contributed by atoms with E-state index in [1.165, 1.54) is 11.1 Å². The molecule has 0 amide bonds. The minimum Gasteiger partial charge on any atom is -0.394 e. The smallest absolute Gasteiger partial charge is 0.122 e. The van der Waals surface area contributed by atoms with E-state index in [1.54, 1.807) is 4.68 Å². The van der Waals surface area contributed by atoms with Crippen LogP contribution >= 0.6 is 0 Å². The molecule has 0 radical (unpaired) electrons. The number of aliphatic hydroxyl groups is 1. The molecule has 4 heteroatoms. The number of anilines is 1. The molecule has 0 unspecified atom stereocenters. The van der Waals surface area contributed by atoms with Gasteiger partial charge in [0.05, 0.1) is 18.8 Å². The molecule has 0 atom stereocenters. The third kappa shape index (κ3) is 2.85. The van der Waals surface area contributed by atoms with Crippen molar-refractivity contribution in [2.45, 2.75) is 19.9 Å². The van der Waals surface area contributed by atoms with E-state index >= 15 is 0 Å². The molecule has 1 heterocycles. The van der Waals surface area contributed by atoms with Crippen molar-refractivity contribution in [1.82, 2.24) is 9.78 Å². The monoisotopic (exact) mass is 231 g/mol. The Bertz CT molecular complexity index is 505. The molecule has 90 valence electrons. The van der Waals surface area contributed by atoms with Gasteiger partial charge in [0.1, 0.15) is 5.82 Å². The van der Waals surface area contributed by atoms with Gasteiger partial charge in [-0.15, -0.1) is 0 Å². The van der Waals surface area contributed by atoms with Gasteiger partial charge in [-0.3, -0.25) is 0 Å². The first-order valence-electron chi connectivity index (χ1n) is 5.67. The van der Waals surface area contributed by atoms with Gasteiger partial charge in [-0.05, 0) is 12.5 Å². The van der Waals surface area contributed by atoms with Crippen molar-refractivity contribution in [3.05, 3.63) is 47.2 Å². The molecule has 0 aliphatic heterocycles. The van der Waals surface area contributed by atoms with Crippen LogP contribution in [0.25, 0.3) is 0 Å². The summed E-state index contributed by atoms with van der Waals surface area (Å²) in [6.07, 6.45) is 0.768. The molecule has 0 aliphatic carbocycles. The number of aryl methyl sites for hydroxylation is 1. The van der Waals surface area contributed by atoms with Crippen molar-refractivity contribution in [3.8, 4) is 0 Å². The molecule has 0 spiro atoms. The van der Waals surface area contributed by atoms with E-state index in [0.29, 0.717) is 12.4 Å². The highest BCUT2D eigenvalue weighted by molar-refractivity contribution is 5.34. The number of nitrogens with zero attached hydrogens (tertiary/aromatic N) is 2. The molecule has 0 saturated heterocycles. The topological polar surface area (TPSA) is 64.1 Å². The zero-order valence-electron chi connectivity index (χ0n) is 9.93. The minimum absolute atomic E-state index is 0.0514. The Kier molecular flexibility index (Phi) is 3.44. The SMILES string of the molecule is Cc1cccc(Cc2cc(N)n(CCO)n2)c1. The van der Waals surface area contributed by atoms with Crippen molar-refractivity contribution < 1.29 is 5.11 Å². The van der Waals surface area contributed by atoms with Gasteiger partial charge in [-0.25, -0.2) is 4.68 Å². The molecule has 1 aromatic heterocycles. The fraction of sp³-hybridized carbons (Fsp3) is 0.308. The molecule has 4 nitrogen and oxygen atoms in total. The van der Waals surface area contributed by atoms with Crippen molar-refractivity contribution in [2.75, 3.05) is 12.3 Å². The highest BCUT2D eigenvalue weighted by Gasteiger charge is 2.05. The van der Waals surface area contributed by atoms with Gasteiger partial charge in [0.25, 0.3) is 0 Å². The van der Waals surface area contributed by atoms with Crippen LogP contribution in [0, 0.1) is 6.92 Å². The van der Waals surface area contributed by atoms with Crippen LogP contribution in [0.3, 0.4) is 0 Å². The lowest BCUT2D eigenvalue weighted by atomic mass is 10.1. The van der Waals surface area contributed by atoms with Gasteiger partial charge in [-0.2, -0.15) is 5.10 Å². The fourth-order valence-corrected chi connectivity index (χ4v) is 1.88. The number of benzene rings is 1. The first kappa shape index (κ1) is 11.7. The molecule has 17 heavy (non-hydrogen) atoms. The zero-order chi connectivity index (χ0) is 12.3. The predicted molar refractivity (Wildman–Crippen MR) is 67.7 cm³/mol. The first-order valence-corrected chi connectivity index (χ1v) is 5.67. The summed E-state index contributed by atoms with van der Waals surface area (Å²) in [6.45, 7) is 2.57. The van der Waals surface area contributed by atoms with Gasteiger partial charge in [0.2, 0.25) is 0 Å². The van der Waals surface area contributed by atoms with Crippen LogP contribution in [-0.4, -0.2) is 21.5 Å². The Morgan fingerprint density at radius 3 is 2.88 bits per heavy atom. The highest BCUT2D eigenvalue weighted by atomic mass is 16.3. The lowest BCUT2D eigenvalue weighted by molar-refractivity contribution is 0.270. The number of hydrogen-bond acceptors (Lipinski definition) is 3. The summed E-state index contributed by atoms with van der Waals surface area (Å²) in [5, 5.41) is 13.2. The van der Waals surface area contributed by atoms with Gasteiger partial charge in [0, 0.05) is 12.5 Å². The Labute approximate surface area is 101 Å². The standard InChI is InChI=1S/C13H17N3O/c1-10-3-2-4-11(7-10)8-12-9-13(14)16(15-12)5-6-17/h2-4,7,9,17H,5-6,8,14H2,1H3. The maximum Gasteiger partial charge on any atom is 0.122 e. The molecule has 3 N–H and O–H groups in total. The number of rotatable bonds is 4. The summed E-state index contributed by atoms with van der Waals surface area (Å²) in [6, 6.07) is 10.2. The van der Waals surface area contributed by atoms with Crippen LogP contribution in [0.4, 0.5) is 5.82 Å². The summed E-state index contributed by atoms with van der Waals surface area (Å²) in [5.41, 5.74) is 9.19. The molecular formula is C13H17N3O. The average molecular weight is 231 g/mol. The summed E-state index contributed by atoms with van der Waals surface area (Å²) in [7, 11) is 0. The summed E-state index contributed by atoms with van der Waals surface area (Å²) in [4.78, 5) is 0. The Hall–Kier alpha value is -1.81. The largest absolute Gasteiger partial charge is 0.394 e. The Morgan fingerprint density at radius 1 is 1.35 bits per heavy atom. The van der Waals surface area contributed by atoms with E-state index in [-0.39, 0.29) is 6.61 Å². The lowest BCUT2D eigenvalue weighted by Gasteiger charge is -2.00. The second-order valence-corrected chi connectivity index (χ2v) is 4.17. The van der Waals surface area contributed by atoms with Crippen LogP contribution in [0.2, 0.25) is 0 Å². The van der Waals surface area contributed by atoms with Crippen molar-refractivity contribution in [1.29, 1.82) is 0 Å². The molecule has 0 saturated carbocycles. The van der Waals surface area contributed by atoms with E-state index in [1.807, 2.05) is 12.1 Å². The van der Waals surface area contributed by atoms with E-state index in [9.17, 15) is 0 Å². The third-order valence-electron chi connectivity index (χ3n) is 2.64. The van der Waals surface area contributed by atoms with Crippen molar-refractivity contribution in [2.24, 2.45) is 0 Å². The molecule has 0 aliphatic rings. The second-order valence-electron chi connectivity index (χ2n) is 4.17. The Morgan fingerprint density at radius 2 is 2.18 bits per heavy atom. The number of aliphatic hydroxyl groups excluding tert-OH is 1. The molecule has 0 fully saturated rings. The minimum atomic E-state index is 0.0514. The fourth-order valence-electron chi connectivity index (χ4n) is 1.88. The van der Waals surface area contributed by atoms with E-state index < -0.39 is 0 Å². The van der Waals surface area contributed by atoms with E-state index in [4.69, 9.17) is 10.8 Å². The van der Waals surface area contributed by atoms with E-state index in [0.717, 1.165) is 12.1 Å². The number of hydrogen-bond donors (Lipinski definition) is 2. The summed E-state index contributed by atoms with van der Waals surface area (Å²) in [5.74, 6) is 0.599. The summed E-state index contributed by atoms with van der Waals surface area (Å²) >= 11 is 0. The second kappa shape index (κ2) is 5.01. The van der Waals surface area contributed by atoms with E-state index in [2.05, 4.69) is 30.2 Å². The third-order valence-corrected chi connectivity index (χ3v) is 2.64. The van der Waals surface area contributed by atoms with Gasteiger partial charge in [-0.1, -0.05) is 29.8 Å². The number of nitrogens with two attached hydrogens (primary N) is 1. The van der Waals surface area contributed by atoms with Gasteiger partial charge < -0.3 is 10.8 Å². The van der Waals surface area contributed by atoms with Crippen molar-refractivity contribution in [3.63, 3.8) is 0 Å².